The third-order valence-corrected chi connectivity index (χ3v) is 8.81. The monoisotopic (exact) mass is 550 g/mol. The smallest absolute Gasteiger partial charge is 0.229 e. The Balaban J connectivity index is 0.00000194. The Labute approximate surface area is 230 Å². The van der Waals surface area contributed by atoms with Crippen LogP contribution in [0, 0.1) is 0 Å². The lowest BCUT2D eigenvalue weighted by Crippen LogP contribution is -2.53. The predicted molar refractivity (Wildman–Crippen MR) is 155 cm³/mol. The summed E-state index contributed by atoms with van der Waals surface area (Å²) in [5.74, 6) is 3.23. The van der Waals surface area contributed by atoms with Crippen molar-refractivity contribution in [3.63, 3.8) is 0 Å². The Hall–Kier alpha value is -3.96. The lowest BCUT2D eigenvalue weighted by molar-refractivity contribution is 0.0212. The van der Waals surface area contributed by atoms with E-state index >= 15 is 0 Å². The minimum absolute atomic E-state index is 0. The highest BCUT2D eigenvalue weighted by atomic mass is 32.2. The zero-order valence-electron chi connectivity index (χ0n) is 21.6. The highest BCUT2D eigenvalue weighted by Crippen LogP contribution is 2.31. The summed E-state index contributed by atoms with van der Waals surface area (Å²) in [6.07, 6.45) is 5.46. The first-order chi connectivity index (χ1) is 18.9. The predicted octanol–water partition coefficient (Wildman–Crippen LogP) is 4.65. The summed E-state index contributed by atoms with van der Waals surface area (Å²) in [4.78, 5) is 15.7. The number of benzene rings is 2. The molecule has 11 heteroatoms. The highest BCUT2D eigenvalue weighted by molar-refractivity contribution is 7.91. The van der Waals surface area contributed by atoms with E-state index in [4.69, 9.17) is 9.47 Å². The molecule has 2 aromatic heterocycles. The molecule has 0 radical (unpaired) electrons. The summed E-state index contributed by atoms with van der Waals surface area (Å²) in [5.41, 5.74) is 2.53. The van der Waals surface area contributed by atoms with Gasteiger partial charge in [-0.1, -0.05) is 0 Å². The maximum Gasteiger partial charge on any atom is 0.229 e. The molecule has 2 aromatic carbocycles. The molecule has 2 aliphatic rings. The van der Waals surface area contributed by atoms with Gasteiger partial charge in [-0.2, -0.15) is 4.98 Å². The van der Waals surface area contributed by atoms with Crippen LogP contribution >= 0.6 is 0 Å². The van der Waals surface area contributed by atoms with Crippen LogP contribution in [0.4, 0.5) is 23.1 Å². The fraction of sp³-hybridized carbons (Fsp3) is 0.321. The number of rotatable bonds is 8. The Morgan fingerprint density at radius 3 is 2.46 bits per heavy atom. The molecule has 10 nitrogen and oxygen atoms in total. The molecule has 39 heavy (non-hydrogen) atoms. The molecule has 4 aromatic rings. The zero-order valence-corrected chi connectivity index (χ0v) is 22.4. The molecule has 1 saturated carbocycles. The third kappa shape index (κ3) is 6.04. The van der Waals surface area contributed by atoms with E-state index in [1.807, 2.05) is 48.5 Å². The van der Waals surface area contributed by atoms with Gasteiger partial charge in [-0.15, -0.1) is 0 Å². The van der Waals surface area contributed by atoms with Gasteiger partial charge in [-0.05, 0) is 48.5 Å². The Morgan fingerprint density at radius 1 is 0.923 bits per heavy atom. The minimum atomic E-state index is -2.85. The van der Waals surface area contributed by atoms with Crippen molar-refractivity contribution < 1.29 is 20.7 Å². The zero-order chi connectivity index (χ0) is 26.8. The van der Waals surface area contributed by atoms with Gasteiger partial charge in [-0.25, -0.2) is 13.4 Å². The van der Waals surface area contributed by atoms with Crippen molar-refractivity contribution in [2.45, 2.75) is 25.0 Å². The largest absolute Gasteiger partial charge is 0.497 e. The second-order valence-corrected chi connectivity index (χ2v) is 12.2. The fourth-order valence-electron chi connectivity index (χ4n) is 4.90. The molecule has 206 valence electrons. The molecule has 0 unspecified atom stereocenters. The first-order valence-corrected chi connectivity index (χ1v) is 14.8. The SMILES string of the molecule is COc1ccc2cc(Nc3ccnc(Nc4ccc(OC5CC(N6CCS(=O)(=O)CC6)C5)cc4)n3)cnc2c1.[HH].[HH]. The van der Waals surface area contributed by atoms with Crippen molar-refractivity contribution in [3.05, 3.63) is 67.0 Å². The van der Waals surface area contributed by atoms with Gasteiger partial charge in [0.05, 0.1) is 36.0 Å². The van der Waals surface area contributed by atoms with Gasteiger partial charge in [-0.3, -0.25) is 9.88 Å². The number of nitrogens with one attached hydrogen (secondary N) is 2. The fourth-order valence-corrected chi connectivity index (χ4v) is 6.12. The van der Waals surface area contributed by atoms with Gasteiger partial charge < -0.3 is 20.1 Å². The molecular formula is C28H34N6O4S. The summed E-state index contributed by atoms with van der Waals surface area (Å²) in [7, 11) is -1.21. The number of aromatic nitrogens is 3. The topological polar surface area (TPSA) is 119 Å². The second-order valence-electron chi connectivity index (χ2n) is 9.88. The molecule has 0 amide bonds. The molecule has 2 fully saturated rings. The molecule has 0 atom stereocenters. The van der Waals surface area contributed by atoms with E-state index in [1.165, 1.54) is 0 Å². The van der Waals surface area contributed by atoms with Crippen LogP contribution in [0.1, 0.15) is 15.7 Å². The quantitative estimate of drug-likeness (QED) is 0.321. The van der Waals surface area contributed by atoms with Crippen molar-refractivity contribution >= 4 is 43.9 Å². The molecule has 1 saturated heterocycles. The van der Waals surface area contributed by atoms with Gasteiger partial charge in [0.1, 0.15) is 23.4 Å². The Kier molecular flexibility index (Phi) is 6.92. The van der Waals surface area contributed by atoms with Crippen LogP contribution in [0.15, 0.2) is 67.0 Å². The maximum absolute atomic E-state index is 11.6. The summed E-state index contributed by atoms with van der Waals surface area (Å²) in [6, 6.07) is 17.7. The molecule has 3 heterocycles. The minimum Gasteiger partial charge on any atom is -0.497 e. The van der Waals surface area contributed by atoms with Crippen LogP contribution < -0.4 is 20.1 Å². The van der Waals surface area contributed by atoms with Crippen LogP contribution in [0.25, 0.3) is 10.9 Å². The van der Waals surface area contributed by atoms with Crippen LogP contribution in [0.5, 0.6) is 11.5 Å². The molecule has 2 N–H and O–H groups in total. The first-order valence-electron chi connectivity index (χ1n) is 12.9. The van der Waals surface area contributed by atoms with E-state index in [0.29, 0.717) is 30.9 Å². The Bertz CT molecular complexity index is 1570. The van der Waals surface area contributed by atoms with Gasteiger partial charge in [0.15, 0.2) is 9.84 Å². The van der Waals surface area contributed by atoms with Crippen molar-refractivity contribution in [3.8, 4) is 11.5 Å². The van der Waals surface area contributed by atoms with Gasteiger partial charge in [0.25, 0.3) is 0 Å². The number of nitrogens with zero attached hydrogens (tertiary/aromatic N) is 4. The van der Waals surface area contributed by atoms with Crippen LogP contribution in [0.2, 0.25) is 0 Å². The van der Waals surface area contributed by atoms with E-state index in [2.05, 4.69) is 30.5 Å². The number of ether oxygens (including phenoxy) is 2. The Morgan fingerprint density at radius 2 is 1.69 bits per heavy atom. The van der Waals surface area contributed by atoms with E-state index in [0.717, 1.165) is 46.6 Å². The molecule has 0 spiro atoms. The normalized spacial score (nSPS) is 20.6. The van der Waals surface area contributed by atoms with Crippen molar-refractivity contribution in [1.82, 2.24) is 19.9 Å². The number of anilines is 4. The van der Waals surface area contributed by atoms with Crippen molar-refractivity contribution in [2.24, 2.45) is 0 Å². The van der Waals surface area contributed by atoms with Crippen molar-refractivity contribution in [2.75, 3.05) is 42.3 Å². The lowest BCUT2D eigenvalue weighted by Gasteiger charge is -2.44. The van der Waals surface area contributed by atoms with Crippen LogP contribution in [-0.4, -0.2) is 72.1 Å². The van der Waals surface area contributed by atoms with Crippen LogP contribution in [0.3, 0.4) is 0 Å². The number of hydrogen-bond acceptors (Lipinski definition) is 10. The standard InChI is InChI=1S/C28H30N6O4S.2H2/c1-37-24-5-2-19-14-21(18-30-26(19)17-24)31-27-8-9-29-28(33-27)32-20-3-6-23(7-4-20)38-25-15-22(16-25)34-10-12-39(35,36)13-11-34;;/h2-9,14,17-18,22,25H,10-13,15-16H2,1H3,(H2,29,31,32,33);2*1H. The molecule has 1 aliphatic heterocycles. The molecule has 1 aliphatic carbocycles. The molecule has 6 rings (SSSR count). The number of fused-ring (bicyclic) bond motifs is 1. The summed E-state index contributed by atoms with van der Waals surface area (Å²) >= 11 is 0. The van der Waals surface area contributed by atoms with E-state index in [-0.39, 0.29) is 20.5 Å². The molecule has 0 bridgehead atoms. The highest BCUT2D eigenvalue weighted by Gasteiger charge is 2.37. The summed E-state index contributed by atoms with van der Waals surface area (Å²) < 4.78 is 34.7. The second kappa shape index (κ2) is 10.7. The number of sulfone groups is 1. The average Bonchev–Trinajstić information content (AvgIpc) is 2.92. The third-order valence-electron chi connectivity index (χ3n) is 7.20. The lowest BCUT2D eigenvalue weighted by atomic mass is 9.87. The van der Waals surface area contributed by atoms with Crippen LogP contribution in [-0.2, 0) is 9.84 Å². The van der Waals surface area contributed by atoms with Gasteiger partial charge in [0, 0.05) is 58.2 Å². The maximum atomic E-state index is 11.6. The van der Waals surface area contributed by atoms with Gasteiger partial charge >= 0.3 is 0 Å². The van der Waals surface area contributed by atoms with E-state index in [9.17, 15) is 8.42 Å². The average molecular weight is 551 g/mol. The first kappa shape index (κ1) is 25.3. The molecular weight excluding hydrogens is 516 g/mol. The number of pyridine rings is 1. The van der Waals surface area contributed by atoms with Crippen molar-refractivity contribution in [1.29, 1.82) is 0 Å². The van der Waals surface area contributed by atoms with Gasteiger partial charge in [0.2, 0.25) is 5.95 Å². The van der Waals surface area contributed by atoms with E-state index < -0.39 is 9.84 Å². The van der Waals surface area contributed by atoms with E-state index in [1.54, 1.807) is 25.6 Å². The summed E-state index contributed by atoms with van der Waals surface area (Å²) in [5, 5.41) is 7.52. The number of methoxy groups -OCH3 is 1. The number of hydrogen-bond donors (Lipinski definition) is 2. The summed E-state index contributed by atoms with van der Waals surface area (Å²) in [6.45, 7) is 1.27.